The van der Waals surface area contributed by atoms with Gasteiger partial charge in [0.05, 0.1) is 12.7 Å². The Morgan fingerprint density at radius 1 is 1.27 bits per heavy atom. The van der Waals surface area contributed by atoms with Gasteiger partial charge in [0, 0.05) is 26.9 Å². The highest BCUT2D eigenvalue weighted by Gasteiger charge is 2.03. The van der Waals surface area contributed by atoms with Crippen molar-refractivity contribution in [3.63, 3.8) is 0 Å². The van der Waals surface area contributed by atoms with Gasteiger partial charge in [0.1, 0.15) is 0 Å². The maximum absolute atomic E-state index is 9.50. The molecule has 0 spiro atoms. The summed E-state index contributed by atoms with van der Waals surface area (Å²) in [7, 11) is 1.69. The van der Waals surface area contributed by atoms with E-state index in [2.05, 4.69) is 19.2 Å². The summed E-state index contributed by atoms with van der Waals surface area (Å²) in [6.45, 7) is 7.52. The molecule has 0 aliphatic heterocycles. The first-order valence-electron chi connectivity index (χ1n) is 5.62. The zero-order chi connectivity index (χ0) is 11.5. The van der Waals surface area contributed by atoms with Gasteiger partial charge in [-0.25, -0.2) is 0 Å². The fourth-order valence-corrected chi connectivity index (χ4v) is 1.11. The van der Waals surface area contributed by atoms with Crippen molar-refractivity contribution < 1.29 is 14.6 Å². The van der Waals surface area contributed by atoms with Gasteiger partial charge in [-0.2, -0.15) is 0 Å². The highest BCUT2D eigenvalue weighted by molar-refractivity contribution is 4.58. The number of methoxy groups -OCH3 is 1. The first kappa shape index (κ1) is 14.8. The van der Waals surface area contributed by atoms with E-state index in [0.717, 1.165) is 19.6 Å². The molecule has 0 radical (unpaired) electrons. The van der Waals surface area contributed by atoms with Crippen LogP contribution in [0.4, 0.5) is 0 Å². The minimum Gasteiger partial charge on any atom is -0.389 e. The third-order valence-electron chi connectivity index (χ3n) is 1.84. The van der Waals surface area contributed by atoms with Gasteiger partial charge in [0.25, 0.3) is 0 Å². The number of hydrogen-bond acceptors (Lipinski definition) is 4. The van der Waals surface area contributed by atoms with Gasteiger partial charge in [0.15, 0.2) is 0 Å². The second kappa shape index (κ2) is 10.4. The Morgan fingerprint density at radius 3 is 2.60 bits per heavy atom. The summed E-state index contributed by atoms with van der Waals surface area (Å²) < 4.78 is 10.2. The van der Waals surface area contributed by atoms with E-state index in [1.165, 1.54) is 0 Å². The quantitative estimate of drug-likeness (QED) is 0.530. The maximum atomic E-state index is 9.50. The van der Waals surface area contributed by atoms with E-state index >= 15 is 0 Å². The van der Waals surface area contributed by atoms with Crippen LogP contribution >= 0.6 is 0 Å². The molecule has 0 saturated heterocycles. The molecule has 4 heteroatoms. The Labute approximate surface area is 93.0 Å². The van der Waals surface area contributed by atoms with Crippen LogP contribution in [0.15, 0.2) is 0 Å². The number of hydrogen-bond donors (Lipinski definition) is 2. The van der Waals surface area contributed by atoms with Crippen LogP contribution in [0.25, 0.3) is 0 Å². The van der Waals surface area contributed by atoms with E-state index in [1.807, 2.05) is 0 Å². The highest BCUT2D eigenvalue weighted by atomic mass is 16.5. The average molecular weight is 219 g/mol. The third kappa shape index (κ3) is 11.8. The molecule has 0 aliphatic rings. The molecule has 0 heterocycles. The lowest BCUT2D eigenvalue weighted by atomic mass is 10.2. The van der Waals surface area contributed by atoms with Gasteiger partial charge in [-0.15, -0.1) is 0 Å². The molecule has 0 aromatic rings. The first-order valence-corrected chi connectivity index (χ1v) is 5.62. The maximum Gasteiger partial charge on any atom is 0.0897 e. The molecule has 92 valence electrons. The summed E-state index contributed by atoms with van der Waals surface area (Å²) in [5.74, 6) is 0.520. The molecule has 0 amide bonds. The average Bonchev–Trinajstić information content (AvgIpc) is 2.17. The van der Waals surface area contributed by atoms with Crippen LogP contribution in [0.3, 0.4) is 0 Å². The van der Waals surface area contributed by atoms with Gasteiger partial charge in [0.2, 0.25) is 0 Å². The van der Waals surface area contributed by atoms with Crippen molar-refractivity contribution in [3.8, 4) is 0 Å². The molecular weight excluding hydrogens is 194 g/mol. The Balaban J connectivity index is 3.15. The molecule has 4 nitrogen and oxygen atoms in total. The summed E-state index contributed by atoms with van der Waals surface area (Å²) in [5, 5.41) is 12.6. The van der Waals surface area contributed by atoms with Gasteiger partial charge < -0.3 is 19.9 Å². The van der Waals surface area contributed by atoms with Gasteiger partial charge >= 0.3 is 0 Å². The molecule has 0 aromatic carbocycles. The Morgan fingerprint density at radius 2 is 2.00 bits per heavy atom. The molecule has 1 atom stereocenters. The minimum absolute atomic E-state index is 0.411. The van der Waals surface area contributed by atoms with Gasteiger partial charge in [-0.05, 0) is 18.9 Å². The first-order chi connectivity index (χ1) is 7.16. The molecular formula is C11H25NO3. The lowest BCUT2D eigenvalue weighted by molar-refractivity contribution is 0.0260. The van der Waals surface area contributed by atoms with Crippen LogP contribution in [0, 0.1) is 5.92 Å². The molecule has 0 aromatic heterocycles. The smallest absolute Gasteiger partial charge is 0.0897 e. The van der Waals surface area contributed by atoms with E-state index in [1.54, 1.807) is 7.11 Å². The topological polar surface area (TPSA) is 50.7 Å². The van der Waals surface area contributed by atoms with E-state index in [9.17, 15) is 5.11 Å². The fourth-order valence-electron chi connectivity index (χ4n) is 1.11. The number of rotatable bonds is 10. The van der Waals surface area contributed by atoms with Gasteiger partial charge in [-0.3, -0.25) is 0 Å². The van der Waals surface area contributed by atoms with Crippen molar-refractivity contribution >= 4 is 0 Å². The van der Waals surface area contributed by atoms with Crippen LogP contribution in [-0.4, -0.2) is 51.2 Å². The normalized spacial score (nSPS) is 13.4. The van der Waals surface area contributed by atoms with E-state index < -0.39 is 6.10 Å². The molecule has 0 aliphatic carbocycles. The zero-order valence-electron chi connectivity index (χ0n) is 10.2. The molecule has 0 bridgehead atoms. The second-order valence-electron chi connectivity index (χ2n) is 4.14. The monoisotopic (exact) mass is 219 g/mol. The lowest BCUT2D eigenvalue weighted by Gasteiger charge is -2.13. The number of ether oxygens (including phenoxy) is 2. The molecule has 1 unspecified atom stereocenters. The van der Waals surface area contributed by atoms with Crippen LogP contribution in [0.5, 0.6) is 0 Å². The summed E-state index contributed by atoms with van der Waals surface area (Å²) in [4.78, 5) is 0. The fraction of sp³-hybridized carbons (Fsp3) is 1.00. The summed E-state index contributed by atoms with van der Waals surface area (Å²) in [6, 6.07) is 0. The predicted molar refractivity (Wildman–Crippen MR) is 61.0 cm³/mol. The number of nitrogens with one attached hydrogen (secondary N) is 1. The molecule has 0 fully saturated rings. The summed E-state index contributed by atoms with van der Waals surface area (Å²) in [5.41, 5.74) is 0. The lowest BCUT2D eigenvalue weighted by Crippen LogP contribution is -2.31. The Kier molecular flexibility index (Phi) is 10.3. The van der Waals surface area contributed by atoms with Crippen LogP contribution in [-0.2, 0) is 9.47 Å². The van der Waals surface area contributed by atoms with E-state index in [-0.39, 0.29) is 0 Å². The zero-order valence-corrected chi connectivity index (χ0v) is 10.2. The van der Waals surface area contributed by atoms with E-state index in [4.69, 9.17) is 9.47 Å². The van der Waals surface area contributed by atoms with Crippen LogP contribution < -0.4 is 5.32 Å². The highest BCUT2D eigenvalue weighted by Crippen LogP contribution is 1.93. The molecule has 0 rings (SSSR count). The third-order valence-corrected chi connectivity index (χ3v) is 1.84. The van der Waals surface area contributed by atoms with Crippen LogP contribution in [0.1, 0.15) is 20.3 Å². The standard InChI is InChI=1S/C11H25NO3/c1-10(2)8-15-9-11(13)7-12-5-4-6-14-3/h10-13H,4-9H2,1-3H3. The molecule has 15 heavy (non-hydrogen) atoms. The molecule has 2 N–H and O–H groups in total. The van der Waals surface area contributed by atoms with Crippen molar-refractivity contribution in [2.45, 2.75) is 26.4 Å². The Hall–Kier alpha value is -0.160. The van der Waals surface area contributed by atoms with Gasteiger partial charge in [-0.1, -0.05) is 13.8 Å². The minimum atomic E-state index is -0.411. The van der Waals surface area contributed by atoms with Crippen molar-refractivity contribution in [1.82, 2.24) is 5.32 Å². The van der Waals surface area contributed by atoms with Crippen molar-refractivity contribution in [1.29, 1.82) is 0 Å². The predicted octanol–water partition coefficient (Wildman–Crippen LogP) is 0.646. The van der Waals surface area contributed by atoms with E-state index in [0.29, 0.717) is 25.7 Å². The summed E-state index contributed by atoms with van der Waals surface area (Å²) >= 11 is 0. The van der Waals surface area contributed by atoms with Crippen LogP contribution in [0.2, 0.25) is 0 Å². The van der Waals surface area contributed by atoms with Crippen molar-refractivity contribution in [2.24, 2.45) is 5.92 Å². The SMILES string of the molecule is COCCCNCC(O)COCC(C)C. The Bertz CT molecular complexity index is 131. The van der Waals surface area contributed by atoms with Crippen molar-refractivity contribution in [3.05, 3.63) is 0 Å². The number of aliphatic hydroxyl groups excluding tert-OH is 1. The number of aliphatic hydroxyl groups is 1. The molecule has 0 saturated carbocycles. The van der Waals surface area contributed by atoms with Crippen molar-refractivity contribution in [2.75, 3.05) is 40.0 Å². The largest absolute Gasteiger partial charge is 0.389 e. The summed E-state index contributed by atoms with van der Waals surface area (Å²) in [6.07, 6.45) is 0.557. The second-order valence-corrected chi connectivity index (χ2v) is 4.14.